The van der Waals surface area contributed by atoms with Crippen molar-refractivity contribution in [3.63, 3.8) is 0 Å². The summed E-state index contributed by atoms with van der Waals surface area (Å²) in [5.74, 6) is -0.300. The van der Waals surface area contributed by atoms with Crippen LogP contribution in [0.2, 0.25) is 0 Å². The quantitative estimate of drug-likeness (QED) is 0.890. The molecule has 3 nitrogen and oxygen atoms in total. The Labute approximate surface area is 107 Å². The fourth-order valence-corrected chi connectivity index (χ4v) is 2.26. The monoisotopic (exact) mass is 253 g/mol. The first-order valence-electron chi connectivity index (χ1n) is 6.42. The fraction of sp³-hybridized carbons (Fsp3) is 0.571. The average molecular weight is 253 g/mol. The van der Waals surface area contributed by atoms with E-state index in [9.17, 15) is 9.50 Å². The van der Waals surface area contributed by atoms with Crippen molar-refractivity contribution in [2.75, 3.05) is 26.3 Å². The summed E-state index contributed by atoms with van der Waals surface area (Å²) in [5.41, 5.74) is 0.649. The van der Waals surface area contributed by atoms with E-state index in [1.54, 1.807) is 12.1 Å². The summed E-state index contributed by atoms with van der Waals surface area (Å²) in [6, 6.07) is 6.56. The van der Waals surface area contributed by atoms with E-state index >= 15 is 0 Å². The lowest BCUT2D eigenvalue weighted by atomic mass is 10.1. The lowest BCUT2D eigenvalue weighted by Gasteiger charge is -2.33. The van der Waals surface area contributed by atoms with Crippen LogP contribution < -0.4 is 0 Å². The molecular formula is C14H20FNO2. The molecule has 100 valence electrons. The second-order valence-corrected chi connectivity index (χ2v) is 4.82. The Bertz CT molecular complexity index is 386. The topological polar surface area (TPSA) is 32.7 Å². The minimum Gasteiger partial charge on any atom is -0.388 e. The molecule has 0 spiro atoms. The molecule has 0 saturated carbocycles. The number of rotatable bonds is 4. The van der Waals surface area contributed by atoms with Gasteiger partial charge in [-0.15, -0.1) is 0 Å². The van der Waals surface area contributed by atoms with Crippen molar-refractivity contribution < 1.29 is 14.2 Å². The van der Waals surface area contributed by atoms with Gasteiger partial charge in [0.1, 0.15) is 5.82 Å². The molecule has 1 aliphatic heterocycles. The van der Waals surface area contributed by atoms with Gasteiger partial charge in [-0.05, 0) is 31.0 Å². The van der Waals surface area contributed by atoms with E-state index in [0.717, 1.165) is 26.3 Å². The molecule has 0 aliphatic carbocycles. The van der Waals surface area contributed by atoms with Crippen LogP contribution >= 0.6 is 0 Å². The van der Waals surface area contributed by atoms with Gasteiger partial charge in [0.2, 0.25) is 0 Å². The third-order valence-electron chi connectivity index (χ3n) is 3.43. The summed E-state index contributed by atoms with van der Waals surface area (Å²) in [6.07, 6.45) is 0.0177. The second kappa shape index (κ2) is 6.27. The molecule has 0 aromatic heterocycles. The zero-order chi connectivity index (χ0) is 13.0. The van der Waals surface area contributed by atoms with E-state index in [1.807, 2.05) is 0 Å². The van der Waals surface area contributed by atoms with E-state index < -0.39 is 6.10 Å². The van der Waals surface area contributed by atoms with Crippen molar-refractivity contribution in [3.8, 4) is 0 Å². The molecule has 0 radical (unpaired) electrons. The van der Waals surface area contributed by atoms with Gasteiger partial charge >= 0.3 is 0 Å². The molecule has 18 heavy (non-hydrogen) atoms. The Morgan fingerprint density at radius 2 is 2.39 bits per heavy atom. The Hall–Kier alpha value is -0.970. The van der Waals surface area contributed by atoms with E-state index in [1.165, 1.54) is 12.1 Å². The largest absolute Gasteiger partial charge is 0.388 e. The van der Waals surface area contributed by atoms with Gasteiger partial charge in [-0.2, -0.15) is 0 Å². The van der Waals surface area contributed by atoms with E-state index in [2.05, 4.69) is 11.8 Å². The Kier molecular flexibility index (Phi) is 4.69. The Morgan fingerprint density at radius 3 is 3.11 bits per heavy atom. The van der Waals surface area contributed by atoms with Gasteiger partial charge in [-0.3, -0.25) is 4.90 Å². The summed E-state index contributed by atoms with van der Waals surface area (Å²) in [4.78, 5) is 2.30. The molecule has 1 heterocycles. The number of hydrogen-bond donors (Lipinski definition) is 1. The molecule has 2 atom stereocenters. The van der Waals surface area contributed by atoms with Crippen molar-refractivity contribution >= 4 is 0 Å². The van der Waals surface area contributed by atoms with E-state index in [4.69, 9.17) is 4.74 Å². The van der Waals surface area contributed by atoms with Crippen LogP contribution in [-0.2, 0) is 4.74 Å². The van der Waals surface area contributed by atoms with Gasteiger partial charge in [0.15, 0.2) is 0 Å². The van der Waals surface area contributed by atoms with Gasteiger partial charge in [0, 0.05) is 19.1 Å². The minimum absolute atomic E-state index is 0.300. The fourth-order valence-electron chi connectivity index (χ4n) is 2.26. The number of benzene rings is 1. The third kappa shape index (κ3) is 3.51. The summed E-state index contributed by atoms with van der Waals surface area (Å²) in [6.45, 7) is 5.32. The zero-order valence-electron chi connectivity index (χ0n) is 10.7. The molecule has 0 bridgehead atoms. The molecule has 2 rings (SSSR count). The summed E-state index contributed by atoms with van der Waals surface area (Å²) < 4.78 is 18.4. The van der Waals surface area contributed by atoms with Crippen molar-refractivity contribution in [1.29, 1.82) is 0 Å². The molecule has 1 fully saturated rings. The van der Waals surface area contributed by atoms with Crippen molar-refractivity contribution in [2.24, 2.45) is 0 Å². The van der Waals surface area contributed by atoms with E-state index in [-0.39, 0.29) is 5.82 Å². The molecule has 1 saturated heterocycles. The van der Waals surface area contributed by atoms with E-state index in [0.29, 0.717) is 18.0 Å². The predicted molar refractivity (Wildman–Crippen MR) is 67.8 cm³/mol. The predicted octanol–water partition coefficient (Wildman–Crippen LogP) is 1.97. The highest BCUT2D eigenvalue weighted by atomic mass is 19.1. The number of morpholine rings is 1. The number of aliphatic hydroxyl groups is 1. The molecule has 4 heteroatoms. The lowest BCUT2D eigenvalue weighted by molar-refractivity contribution is -0.00640. The Balaban J connectivity index is 1.86. The number of halogens is 1. The second-order valence-electron chi connectivity index (χ2n) is 4.82. The van der Waals surface area contributed by atoms with Crippen molar-refractivity contribution in [2.45, 2.75) is 25.5 Å². The van der Waals surface area contributed by atoms with Crippen LogP contribution in [-0.4, -0.2) is 42.4 Å². The van der Waals surface area contributed by atoms with Gasteiger partial charge in [-0.25, -0.2) is 4.39 Å². The molecule has 1 aromatic rings. The number of hydrogen-bond acceptors (Lipinski definition) is 3. The van der Waals surface area contributed by atoms with Crippen LogP contribution in [0.1, 0.15) is 25.0 Å². The first-order chi connectivity index (χ1) is 8.66. The summed E-state index contributed by atoms with van der Waals surface area (Å²) >= 11 is 0. The van der Waals surface area contributed by atoms with Crippen LogP contribution in [0.3, 0.4) is 0 Å². The van der Waals surface area contributed by atoms with Crippen LogP contribution in [0.25, 0.3) is 0 Å². The lowest BCUT2D eigenvalue weighted by Crippen LogP contribution is -2.44. The number of ether oxygens (including phenoxy) is 1. The maximum absolute atomic E-state index is 13.0. The average Bonchev–Trinajstić information content (AvgIpc) is 2.37. The smallest absolute Gasteiger partial charge is 0.123 e. The normalized spacial score (nSPS) is 22.9. The van der Waals surface area contributed by atoms with Crippen LogP contribution in [0.15, 0.2) is 24.3 Å². The number of nitrogens with zero attached hydrogens (tertiary/aromatic N) is 1. The van der Waals surface area contributed by atoms with Crippen molar-refractivity contribution in [3.05, 3.63) is 35.6 Å². The summed E-state index contributed by atoms with van der Waals surface area (Å²) in [7, 11) is 0. The summed E-state index contributed by atoms with van der Waals surface area (Å²) in [5, 5.41) is 10.0. The molecule has 1 aromatic carbocycles. The van der Waals surface area contributed by atoms with Gasteiger partial charge in [0.05, 0.1) is 19.3 Å². The van der Waals surface area contributed by atoms with Crippen molar-refractivity contribution in [1.82, 2.24) is 4.90 Å². The molecule has 1 aliphatic rings. The third-order valence-corrected chi connectivity index (χ3v) is 3.43. The number of aliphatic hydroxyl groups excluding tert-OH is 1. The highest BCUT2D eigenvalue weighted by Gasteiger charge is 2.19. The maximum Gasteiger partial charge on any atom is 0.123 e. The molecular weight excluding hydrogens is 233 g/mol. The van der Waals surface area contributed by atoms with Crippen LogP contribution in [0.5, 0.6) is 0 Å². The molecule has 1 N–H and O–H groups in total. The minimum atomic E-state index is -0.601. The Morgan fingerprint density at radius 1 is 1.56 bits per heavy atom. The van der Waals surface area contributed by atoms with Gasteiger partial charge in [0.25, 0.3) is 0 Å². The highest BCUT2D eigenvalue weighted by molar-refractivity contribution is 5.18. The molecule has 0 amide bonds. The first kappa shape index (κ1) is 13.5. The zero-order valence-corrected chi connectivity index (χ0v) is 10.7. The van der Waals surface area contributed by atoms with Gasteiger partial charge < -0.3 is 9.84 Å². The van der Waals surface area contributed by atoms with Gasteiger partial charge in [-0.1, -0.05) is 12.1 Å². The molecule has 2 unspecified atom stereocenters. The van der Waals surface area contributed by atoms with Crippen LogP contribution in [0, 0.1) is 5.82 Å². The van der Waals surface area contributed by atoms with Crippen LogP contribution in [0.4, 0.5) is 4.39 Å². The SMILES string of the molecule is CC1COCCN1CCC(O)c1cccc(F)c1. The maximum atomic E-state index is 13.0. The first-order valence-corrected chi connectivity index (χ1v) is 6.42. The highest BCUT2D eigenvalue weighted by Crippen LogP contribution is 2.19. The standard InChI is InChI=1S/C14H20FNO2/c1-11-10-18-8-7-16(11)6-5-14(17)12-3-2-4-13(15)9-12/h2-4,9,11,14,17H,5-8,10H2,1H3.